The maximum atomic E-state index is 12.1. The van der Waals surface area contributed by atoms with Crippen LogP contribution < -0.4 is 0 Å². The van der Waals surface area contributed by atoms with E-state index in [0.29, 0.717) is 13.0 Å². The van der Waals surface area contributed by atoms with Crippen molar-refractivity contribution in [2.75, 3.05) is 13.1 Å². The Morgan fingerprint density at radius 3 is 2.89 bits per heavy atom. The van der Waals surface area contributed by atoms with E-state index in [2.05, 4.69) is 4.98 Å². The zero-order valence-electron chi connectivity index (χ0n) is 10.2. The van der Waals surface area contributed by atoms with Gasteiger partial charge in [0.25, 0.3) is 11.6 Å². The minimum Gasteiger partial charge on any atom is -0.325 e. The molecule has 0 aliphatic carbocycles. The van der Waals surface area contributed by atoms with Crippen molar-refractivity contribution in [1.82, 2.24) is 9.88 Å². The highest BCUT2D eigenvalue weighted by Crippen LogP contribution is 2.20. The Balaban J connectivity index is 3.13. The predicted octanol–water partition coefficient (Wildman–Crippen LogP) is 2.02. The van der Waals surface area contributed by atoms with Crippen molar-refractivity contribution < 1.29 is 9.72 Å². The van der Waals surface area contributed by atoms with Gasteiger partial charge in [-0.1, -0.05) is 18.5 Å². The lowest BCUT2D eigenvalue weighted by Crippen LogP contribution is -2.32. The molecule has 1 amide bonds. The van der Waals surface area contributed by atoms with Crippen LogP contribution in [0, 0.1) is 21.4 Å². The summed E-state index contributed by atoms with van der Waals surface area (Å²) in [5.74, 6) is -0.537. The molecule has 0 aromatic carbocycles. The minimum atomic E-state index is -0.658. The predicted molar refractivity (Wildman–Crippen MR) is 67.7 cm³/mol. The molecule has 100 valence electrons. The summed E-state index contributed by atoms with van der Waals surface area (Å²) in [5.41, 5.74) is -0.388. The second kappa shape index (κ2) is 6.66. The molecule has 0 N–H and O–H groups in total. The van der Waals surface area contributed by atoms with Gasteiger partial charge in [0.1, 0.15) is 17.9 Å². The molecule has 0 radical (unpaired) electrons. The summed E-state index contributed by atoms with van der Waals surface area (Å²) in [7, 11) is 0. The standard InChI is InChI=1S/C11H11ClN4O3/c1-2-4-15(5-3-13)11(17)9-6-8(16(18)19)7-14-10(9)12/h6-7H,2,4-5H2,1H3. The summed E-state index contributed by atoms with van der Waals surface area (Å²) in [4.78, 5) is 27.0. The normalized spacial score (nSPS) is 9.74. The van der Waals surface area contributed by atoms with Crippen LogP contribution in [0.3, 0.4) is 0 Å². The van der Waals surface area contributed by atoms with Gasteiger partial charge in [-0.2, -0.15) is 5.26 Å². The van der Waals surface area contributed by atoms with Crippen molar-refractivity contribution in [3.8, 4) is 6.07 Å². The number of nitrogens with zero attached hydrogens (tertiary/aromatic N) is 4. The molecule has 0 atom stereocenters. The molecule has 0 saturated carbocycles. The zero-order chi connectivity index (χ0) is 14.4. The number of pyridine rings is 1. The quantitative estimate of drug-likeness (QED) is 0.356. The first-order valence-corrected chi connectivity index (χ1v) is 5.85. The Kier molecular flexibility index (Phi) is 5.21. The van der Waals surface area contributed by atoms with Gasteiger partial charge in [-0.25, -0.2) is 4.98 Å². The highest BCUT2D eigenvalue weighted by Gasteiger charge is 2.21. The Morgan fingerprint density at radius 1 is 1.68 bits per heavy atom. The van der Waals surface area contributed by atoms with Crippen LogP contribution in [0.5, 0.6) is 0 Å². The van der Waals surface area contributed by atoms with E-state index in [4.69, 9.17) is 16.9 Å². The summed E-state index contributed by atoms with van der Waals surface area (Å²) in [6.45, 7) is 2.11. The molecule has 1 aromatic heterocycles. The third-order valence-electron chi connectivity index (χ3n) is 2.31. The highest BCUT2D eigenvalue weighted by molar-refractivity contribution is 6.32. The van der Waals surface area contributed by atoms with Crippen LogP contribution in [-0.2, 0) is 0 Å². The Morgan fingerprint density at radius 2 is 2.37 bits per heavy atom. The Hall–Kier alpha value is -2.20. The fourth-order valence-corrected chi connectivity index (χ4v) is 1.65. The van der Waals surface area contributed by atoms with E-state index in [0.717, 1.165) is 12.3 Å². The maximum Gasteiger partial charge on any atom is 0.288 e. The van der Waals surface area contributed by atoms with E-state index in [-0.39, 0.29) is 22.9 Å². The molecule has 0 aliphatic heterocycles. The van der Waals surface area contributed by atoms with Crippen LogP contribution in [0.25, 0.3) is 0 Å². The van der Waals surface area contributed by atoms with Crippen LogP contribution in [-0.4, -0.2) is 33.8 Å². The third kappa shape index (κ3) is 3.63. The number of amides is 1. The fraction of sp³-hybridized carbons (Fsp3) is 0.364. The van der Waals surface area contributed by atoms with Gasteiger partial charge in [-0.3, -0.25) is 14.9 Å². The Bertz CT molecular complexity index is 541. The van der Waals surface area contributed by atoms with E-state index in [1.165, 1.54) is 4.90 Å². The molecule has 1 heterocycles. The molecule has 8 heteroatoms. The number of aromatic nitrogens is 1. The molecule has 0 spiro atoms. The van der Waals surface area contributed by atoms with Gasteiger partial charge in [0.15, 0.2) is 0 Å². The zero-order valence-corrected chi connectivity index (χ0v) is 10.9. The summed E-state index contributed by atoms with van der Waals surface area (Å²) in [6.07, 6.45) is 1.64. The first-order valence-electron chi connectivity index (χ1n) is 5.47. The van der Waals surface area contributed by atoms with Crippen LogP contribution in [0.1, 0.15) is 23.7 Å². The van der Waals surface area contributed by atoms with Crippen molar-refractivity contribution in [2.45, 2.75) is 13.3 Å². The topological polar surface area (TPSA) is 100 Å². The monoisotopic (exact) mass is 282 g/mol. The number of nitriles is 1. The van der Waals surface area contributed by atoms with Gasteiger partial charge in [-0.05, 0) is 6.42 Å². The van der Waals surface area contributed by atoms with Gasteiger partial charge in [0, 0.05) is 12.6 Å². The van der Waals surface area contributed by atoms with Crippen LogP contribution >= 0.6 is 11.6 Å². The lowest BCUT2D eigenvalue weighted by Gasteiger charge is -2.18. The number of carbonyl (C=O) groups is 1. The number of rotatable bonds is 5. The second-order valence-electron chi connectivity index (χ2n) is 3.67. The first kappa shape index (κ1) is 14.9. The number of halogens is 1. The molecule has 0 unspecified atom stereocenters. The number of hydrogen-bond donors (Lipinski definition) is 0. The number of hydrogen-bond acceptors (Lipinski definition) is 5. The van der Waals surface area contributed by atoms with Crippen LogP contribution in [0.4, 0.5) is 5.69 Å². The second-order valence-corrected chi connectivity index (χ2v) is 4.03. The molecule has 0 bridgehead atoms. The molecule has 0 aliphatic rings. The van der Waals surface area contributed by atoms with Crippen LogP contribution in [0.2, 0.25) is 5.15 Å². The van der Waals surface area contributed by atoms with Crippen LogP contribution in [0.15, 0.2) is 12.3 Å². The molecule has 0 fully saturated rings. The molecule has 1 rings (SSSR count). The molecular formula is C11H11ClN4O3. The van der Waals surface area contributed by atoms with Gasteiger partial charge < -0.3 is 4.90 Å². The summed E-state index contributed by atoms with van der Waals surface area (Å²) in [5, 5.41) is 19.2. The number of nitro groups is 1. The highest BCUT2D eigenvalue weighted by atomic mass is 35.5. The average molecular weight is 283 g/mol. The number of carbonyl (C=O) groups excluding carboxylic acids is 1. The van der Waals surface area contributed by atoms with Gasteiger partial charge in [-0.15, -0.1) is 0 Å². The molecule has 0 saturated heterocycles. The van der Waals surface area contributed by atoms with Crippen molar-refractivity contribution in [3.63, 3.8) is 0 Å². The Labute approximate surface area is 114 Å². The van der Waals surface area contributed by atoms with Gasteiger partial charge in [0.2, 0.25) is 0 Å². The minimum absolute atomic E-state index is 0.0698. The van der Waals surface area contributed by atoms with Gasteiger partial charge in [0.05, 0.1) is 16.6 Å². The average Bonchev–Trinajstić information content (AvgIpc) is 2.38. The summed E-state index contributed by atoms with van der Waals surface area (Å²) in [6, 6.07) is 2.93. The van der Waals surface area contributed by atoms with Crippen molar-refractivity contribution >= 4 is 23.2 Å². The molecule has 1 aromatic rings. The SMILES string of the molecule is CCCN(CC#N)C(=O)c1cc([N+](=O)[O-])cnc1Cl. The van der Waals surface area contributed by atoms with E-state index in [1.807, 2.05) is 13.0 Å². The fourth-order valence-electron chi connectivity index (χ4n) is 1.46. The van der Waals surface area contributed by atoms with Crippen molar-refractivity contribution in [1.29, 1.82) is 5.26 Å². The summed E-state index contributed by atoms with van der Waals surface area (Å²) >= 11 is 5.78. The molecular weight excluding hydrogens is 272 g/mol. The molecule has 7 nitrogen and oxygen atoms in total. The molecule has 19 heavy (non-hydrogen) atoms. The largest absolute Gasteiger partial charge is 0.325 e. The van der Waals surface area contributed by atoms with Gasteiger partial charge >= 0.3 is 0 Å². The van der Waals surface area contributed by atoms with E-state index < -0.39 is 10.8 Å². The summed E-state index contributed by atoms with van der Waals surface area (Å²) < 4.78 is 0. The van der Waals surface area contributed by atoms with Crippen molar-refractivity contribution in [2.24, 2.45) is 0 Å². The van der Waals surface area contributed by atoms with E-state index >= 15 is 0 Å². The van der Waals surface area contributed by atoms with E-state index in [9.17, 15) is 14.9 Å². The lowest BCUT2D eigenvalue weighted by atomic mass is 10.2. The maximum absolute atomic E-state index is 12.1. The third-order valence-corrected chi connectivity index (χ3v) is 2.61. The smallest absolute Gasteiger partial charge is 0.288 e. The van der Waals surface area contributed by atoms with Crippen molar-refractivity contribution in [3.05, 3.63) is 33.1 Å². The first-order chi connectivity index (χ1) is 9.01. The lowest BCUT2D eigenvalue weighted by molar-refractivity contribution is -0.385. The van der Waals surface area contributed by atoms with E-state index in [1.54, 1.807) is 0 Å².